The molecule has 3 heterocycles. The monoisotopic (exact) mass is 377 g/mol. The van der Waals surface area contributed by atoms with Crippen LogP contribution >= 0.6 is 0 Å². The minimum absolute atomic E-state index is 0.0560. The standard InChI is InChI=1S/C22H27N5O/c1-16-8-9-19(17(2)12-16)23-22(28)15-26-10-5-6-18(14-26)13-21-25-24-20-7-3-4-11-27(20)21/h3-4,7-9,11-12,18H,5-6,10,13-15H2,1-2H3,(H,23,28)/t18-/m0/s1. The number of hydrogen-bond acceptors (Lipinski definition) is 4. The van der Waals surface area contributed by atoms with Gasteiger partial charge in [-0.3, -0.25) is 14.1 Å². The van der Waals surface area contributed by atoms with Gasteiger partial charge in [-0.25, -0.2) is 0 Å². The number of rotatable bonds is 5. The number of fused-ring (bicyclic) bond motifs is 1. The van der Waals surface area contributed by atoms with Crippen molar-refractivity contribution in [1.82, 2.24) is 19.5 Å². The molecule has 1 fully saturated rings. The lowest BCUT2D eigenvalue weighted by Gasteiger charge is -2.32. The summed E-state index contributed by atoms with van der Waals surface area (Å²) in [5, 5.41) is 11.7. The summed E-state index contributed by atoms with van der Waals surface area (Å²) in [7, 11) is 0. The molecule has 2 aromatic heterocycles. The Balaban J connectivity index is 1.35. The molecule has 1 amide bonds. The summed E-state index contributed by atoms with van der Waals surface area (Å²) >= 11 is 0. The average molecular weight is 377 g/mol. The van der Waals surface area contributed by atoms with E-state index in [0.717, 1.165) is 55.1 Å². The van der Waals surface area contributed by atoms with Gasteiger partial charge < -0.3 is 5.32 Å². The molecule has 146 valence electrons. The molecule has 0 bridgehead atoms. The van der Waals surface area contributed by atoms with E-state index in [9.17, 15) is 4.79 Å². The number of benzene rings is 1. The van der Waals surface area contributed by atoms with E-state index in [1.54, 1.807) is 0 Å². The maximum Gasteiger partial charge on any atom is 0.238 e. The van der Waals surface area contributed by atoms with Crippen molar-refractivity contribution in [2.75, 3.05) is 25.0 Å². The highest BCUT2D eigenvalue weighted by Gasteiger charge is 2.23. The minimum atomic E-state index is 0.0560. The smallest absolute Gasteiger partial charge is 0.238 e. The largest absolute Gasteiger partial charge is 0.325 e. The van der Waals surface area contributed by atoms with Crippen molar-refractivity contribution in [3.05, 3.63) is 59.5 Å². The van der Waals surface area contributed by atoms with Crippen LogP contribution in [0.3, 0.4) is 0 Å². The van der Waals surface area contributed by atoms with Crippen LogP contribution in [-0.4, -0.2) is 45.0 Å². The van der Waals surface area contributed by atoms with E-state index >= 15 is 0 Å². The number of likely N-dealkylation sites (tertiary alicyclic amines) is 1. The Morgan fingerprint density at radius 1 is 1.21 bits per heavy atom. The van der Waals surface area contributed by atoms with Gasteiger partial charge in [-0.2, -0.15) is 0 Å². The molecule has 4 rings (SSSR count). The fourth-order valence-corrected chi connectivity index (χ4v) is 4.10. The molecule has 1 aliphatic rings. The number of carbonyl (C=O) groups is 1. The van der Waals surface area contributed by atoms with Crippen LogP contribution in [0.1, 0.15) is 29.8 Å². The number of nitrogens with one attached hydrogen (secondary N) is 1. The van der Waals surface area contributed by atoms with Crippen molar-refractivity contribution in [2.24, 2.45) is 5.92 Å². The number of aromatic nitrogens is 3. The molecule has 1 saturated heterocycles. The lowest BCUT2D eigenvalue weighted by atomic mass is 9.94. The van der Waals surface area contributed by atoms with E-state index in [1.807, 2.05) is 43.5 Å². The highest BCUT2D eigenvalue weighted by molar-refractivity contribution is 5.93. The Morgan fingerprint density at radius 3 is 2.96 bits per heavy atom. The summed E-state index contributed by atoms with van der Waals surface area (Å²) < 4.78 is 2.06. The van der Waals surface area contributed by atoms with Crippen LogP contribution in [0.2, 0.25) is 0 Å². The van der Waals surface area contributed by atoms with Gasteiger partial charge in [-0.05, 0) is 62.9 Å². The van der Waals surface area contributed by atoms with E-state index < -0.39 is 0 Å². The van der Waals surface area contributed by atoms with Crippen LogP contribution in [0.25, 0.3) is 5.65 Å². The molecular weight excluding hydrogens is 350 g/mol. The normalized spacial score (nSPS) is 17.7. The quantitative estimate of drug-likeness (QED) is 0.741. The lowest BCUT2D eigenvalue weighted by molar-refractivity contribution is -0.117. The third-order valence-electron chi connectivity index (χ3n) is 5.48. The highest BCUT2D eigenvalue weighted by atomic mass is 16.2. The third-order valence-corrected chi connectivity index (χ3v) is 5.48. The second-order valence-electron chi connectivity index (χ2n) is 7.86. The van der Waals surface area contributed by atoms with E-state index in [0.29, 0.717) is 12.5 Å². The molecule has 28 heavy (non-hydrogen) atoms. The molecular formula is C22H27N5O. The summed E-state index contributed by atoms with van der Waals surface area (Å²) in [4.78, 5) is 14.8. The summed E-state index contributed by atoms with van der Waals surface area (Å²) in [6.45, 7) is 6.41. The van der Waals surface area contributed by atoms with Gasteiger partial charge in [0.05, 0.1) is 6.54 Å². The first-order chi connectivity index (χ1) is 13.6. The van der Waals surface area contributed by atoms with Crippen LogP contribution < -0.4 is 5.32 Å². The van der Waals surface area contributed by atoms with Crippen LogP contribution in [0.15, 0.2) is 42.6 Å². The van der Waals surface area contributed by atoms with Crippen molar-refractivity contribution < 1.29 is 4.79 Å². The minimum Gasteiger partial charge on any atom is -0.325 e. The summed E-state index contributed by atoms with van der Waals surface area (Å²) in [6.07, 6.45) is 5.18. The molecule has 0 aliphatic carbocycles. The zero-order valence-corrected chi connectivity index (χ0v) is 16.6. The van der Waals surface area contributed by atoms with Crippen molar-refractivity contribution in [3.63, 3.8) is 0 Å². The van der Waals surface area contributed by atoms with Gasteiger partial charge in [0.25, 0.3) is 0 Å². The number of pyridine rings is 1. The fraction of sp³-hybridized carbons (Fsp3) is 0.409. The summed E-state index contributed by atoms with van der Waals surface area (Å²) in [6, 6.07) is 12.1. The van der Waals surface area contributed by atoms with Gasteiger partial charge in [0.1, 0.15) is 5.82 Å². The zero-order chi connectivity index (χ0) is 19.5. The first kappa shape index (κ1) is 18.6. The number of carbonyl (C=O) groups excluding carboxylic acids is 1. The van der Waals surface area contributed by atoms with Crippen LogP contribution in [0, 0.1) is 19.8 Å². The second kappa shape index (κ2) is 8.10. The second-order valence-corrected chi connectivity index (χ2v) is 7.86. The van der Waals surface area contributed by atoms with E-state index in [2.05, 4.69) is 37.8 Å². The van der Waals surface area contributed by atoms with E-state index in [1.165, 1.54) is 5.56 Å². The molecule has 0 spiro atoms. The number of aryl methyl sites for hydroxylation is 2. The molecule has 0 unspecified atom stereocenters. The molecule has 0 saturated carbocycles. The lowest BCUT2D eigenvalue weighted by Crippen LogP contribution is -2.41. The highest BCUT2D eigenvalue weighted by Crippen LogP contribution is 2.21. The summed E-state index contributed by atoms with van der Waals surface area (Å²) in [5.41, 5.74) is 4.09. The molecule has 1 atom stereocenters. The molecule has 6 heteroatoms. The summed E-state index contributed by atoms with van der Waals surface area (Å²) in [5.74, 6) is 1.55. The van der Waals surface area contributed by atoms with Crippen molar-refractivity contribution in [3.8, 4) is 0 Å². The van der Waals surface area contributed by atoms with Crippen molar-refractivity contribution >= 4 is 17.2 Å². The molecule has 1 aliphatic heterocycles. The van der Waals surface area contributed by atoms with Crippen LogP contribution in [0.5, 0.6) is 0 Å². The molecule has 6 nitrogen and oxygen atoms in total. The Hall–Kier alpha value is -2.73. The molecule has 0 radical (unpaired) electrons. The number of anilines is 1. The number of hydrogen-bond donors (Lipinski definition) is 1. The Morgan fingerprint density at radius 2 is 2.11 bits per heavy atom. The van der Waals surface area contributed by atoms with Crippen molar-refractivity contribution in [1.29, 1.82) is 0 Å². The number of amides is 1. The average Bonchev–Trinajstić information content (AvgIpc) is 3.07. The van der Waals surface area contributed by atoms with Gasteiger partial charge in [-0.15, -0.1) is 10.2 Å². The number of piperidine rings is 1. The van der Waals surface area contributed by atoms with Crippen LogP contribution in [-0.2, 0) is 11.2 Å². The Labute approximate surface area is 165 Å². The van der Waals surface area contributed by atoms with Gasteiger partial charge >= 0.3 is 0 Å². The maximum absolute atomic E-state index is 12.5. The first-order valence-electron chi connectivity index (χ1n) is 9.96. The molecule has 3 aromatic rings. The van der Waals surface area contributed by atoms with E-state index in [4.69, 9.17) is 0 Å². The van der Waals surface area contributed by atoms with Gasteiger partial charge in [-0.1, -0.05) is 23.8 Å². The molecule has 1 N–H and O–H groups in total. The van der Waals surface area contributed by atoms with Gasteiger partial charge in [0.15, 0.2) is 5.65 Å². The van der Waals surface area contributed by atoms with E-state index in [-0.39, 0.29) is 5.91 Å². The zero-order valence-electron chi connectivity index (χ0n) is 16.6. The van der Waals surface area contributed by atoms with Gasteiger partial charge in [0.2, 0.25) is 5.91 Å². The van der Waals surface area contributed by atoms with Gasteiger partial charge in [0, 0.05) is 24.8 Å². The predicted octanol–water partition coefficient (Wildman–Crippen LogP) is 3.24. The maximum atomic E-state index is 12.5. The Bertz CT molecular complexity index is 980. The topological polar surface area (TPSA) is 62.5 Å². The third kappa shape index (κ3) is 4.22. The predicted molar refractivity (Wildman–Crippen MR) is 110 cm³/mol. The Kier molecular flexibility index (Phi) is 5.39. The number of nitrogens with zero attached hydrogens (tertiary/aromatic N) is 4. The van der Waals surface area contributed by atoms with Crippen LogP contribution in [0.4, 0.5) is 5.69 Å². The SMILES string of the molecule is Cc1ccc(NC(=O)CN2CCC[C@@H](Cc3nnc4ccccn34)C2)c(C)c1. The fourth-order valence-electron chi connectivity index (χ4n) is 4.10. The van der Waals surface area contributed by atoms with Crippen molar-refractivity contribution in [2.45, 2.75) is 33.1 Å². The molecule has 1 aromatic carbocycles. The first-order valence-corrected chi connectivity index (χ1v) is 9.96.